The highest BCUT2D eigenvalue weighted by molar-refractivity contribution is 7.80. The van der Waals surface area contributed by atoms with Crippen LogP contribution in [0.4, 0.5) is 5.69 Å². The van der Waals surface area contributed by atoms with Crippen LogP contribution in [0.5, 0.6) is 0 Å². The third-order valence-electron chi connectivity index (χ3n) is 6.37. The number of furan rings is 1. The summed E-state index contributed by atoms with van der Waals surface area (Å²) in [5, 5.41) is 10.3. The van der Waals surface area contributed by atoms with Crippen molar-refractivity contribution < 1.29 is 23.1 Å². The van der Waals surface area contributed by atoms with Crippen LogP contribution in [-0.4, -0.2) is 25.9 Å². The number of fused-ring (bicyclic) bond motifs is 1. The molecule has 1 heterocycles. The highest BCUT2D eigenvalue weighted by Crippen LogP contribution is 2.37. The van der Waals surface area contributed by atoms with Crippen molar-refractivity contribution in [3.8, 4) is 22.3 Å². The minimum absolute atomic E-state index is 0.291. The fourth-order valence-electron chi connectivity index (χ4n) is 4.49. The van der Waals surface area contributed by atoms with Gasteiger partial charge in [-0.3, -0.25) is 8.51 Å². The zero-order chi connectivity index (χ0) is 25.9. The van der Waals surface area contributed by atoms with Gasteiger partial charge in [-0.05, 0) is 47.4 Å². The molecule has 4 aromatic carbocycles. The summed E-state index contributed by atoms with van der Waals surface area (Å²) >= 11 is -2.71. The Morgan fingerprint density at radius 2 is 1.43 bits per heavy atom. The second kappa shape index (κ2) is 10.4. The maximum Gasteiger partial charge on any atom is 0.327 e. The largest absolute Gasteiger partial charge is 0.755 e. The van der Waals surface area contributed by atoms with Crippen LogP contribution in [0.15, 0.2) is 108 Å². The number of nitrogens with zero attached hydrogens (tertiary/aromatic N) is 1. The molecule has 2 unspecified atom stereocenters. The van der Waals surface area contributed by atoms with Crippen LogP contribution < -0.4 is 4.31 Å². The minimum Gasteiger partial charge on any atom is -0.755 e. The lowest BCUT2D eigenvalue weighted by atomic mass is 9.96. The first kappa shape index (κ1) is 24.5. The Balaban J connectivity index is 1.46. The lowest BCUT2D eigenvalue weighted by Crippen LogP contribution is -2.40. The van der Waals surface area contributed by atoms with E-state index in [0.717, 1.165) is 43.3 Å². The summed E-state index contributed by atoms with van der Waals surface area (Å²) in [6.07, 6.45) is 0.681. The molecule has 0 aliphatic carbocycles. The van der Waals surface area contributed by atoms with Gasteiger partial charge in [0.05, 0.1) is 0 Å². The molecule has 0 saturated carbocycles. The molecule has 0 aliphatic heterocycles. The Kier molecular flexibility index (Phi) is 6.90. The van der Waals surface area contributed by atoms with E-state index in [1.165, 1.54) is 12.5 Å². The van der Waals surface area contributed by atoms with Gasteiger partial charge in [-0.2, -0.15) is 0 Å². The second-order valence-electron chi connectivity index (χ2n) is 8.74. The average Bonchev–Trinajstić information content (AvgIpc) is 3.27. The molecule has 0 aliphatic rings. The standard InChI is InChI=1S/C30H25NO5S/c1-20(30(32)33)31(37(34)35)25-17-15-23(16-18-25)22-11-13-24(14-12-22)29-26-9-5-6-10-27(26)36-28(29)19-21-7-3-2-4-8-21/h2-18,20H,19H2,1H3,(H,32,33)(H,34,35)/p-1. The Morgan fingerprint density at radius 1 is 0.865 bits per heavy atom. The number of anilines is 1. The molecule has 5 aromatic rings. The topological polar surface area (TPSA) is 93.8 Å². The summed E-state index contributed by atoms with van der Waals surface area (Å²) in [6, 6.07) is 32.0. The molecule has 37 heavy (non-hydrogen) atoms. The third-order valence-corrected chi connectivity index (χ3v) is 7.22. The Bertz CT molecular complexity index is 1560. The van der Waals surface area contributed by atoms with Crippen molar-refractivity contribution in [2.75, 3.05) is 4.31 Å². The fourth-order valence-corrected chi connectivity index (χ4v) is 5.13. The van der Waals surface area contributed by atoms with Crippen molar-refractivity contribution in [1.29, 1.82) is 0 Å². The molecular formula is C30H24NO5S-. The highest BCUT2D eigenvalue weighted by Gasteiger charge is 2.22. The zero-order valence-electron chi connectivity index (χ0n) is 20.0. The van der Waals surface area contributed by atoms with Crippen molar-refractivity contribution in [2.45, 2.75) is 19.4 Å². The number of hydrogen-bond acceptors (Lipinski definition) is 4. The molecule has 0 fully saturated rings. The number of aliphatic carboxylic acids is 1. The summed E-state index contributed by atoms with van der Waals surface area (Å²) in [4.78, 5) is 11.3. The third kappa shape index (κ3) is 5.05. The summed E-state index contributed by atoms with van der Waals surface area (Å²) in [5.74, 6) is -0.315. The number of rotatable bonds is 8. The number of carbonyl (C=O) groups is 1. The Labute approximate surface area is 217 Å². The second-order valence-corrected chi connectivity index (χ2v) is 9.57. The van der Waals surface area contributed by atoms with E-state index < -0.39 is 23.3 Å². The van der Waals surface area contributed by atoms with E-state index in [1.807, 2.05) is 48.5 Å². The van der Waals surface area contributed by atoms with Crippen molar-refractivity contribution in [2.24, 2.45) is 0 Å². The normalized spacial score (nSPS) is 12.8. The van der Waals surface area contributed by atoms with Crippen molar-refractivity contribution in [3.05, 3.63) is 114 Å². The van der Waals surface area contributed by atoms with E-state index in [0.29, 0.717) is 12.1 Å². The highest BCUT2D eigenvalue weighted by atomic mass is 32.2. The van der Waals surface area contributed by atoms with Gasteiger partial charge in [0.1, 0.15) is 17.4 Å². The lowest BCUT2D eigenvalue weighted by Gasteiger charge is -2.29. The maximum atomic E-state index is 11.6. The number of benzene rings is 4. The van der Waals surface area contributed by atoms with Gasteiger partial charge in [-0.1, -0.05) is 84.9 Å². The van der Waals surface area contributed by atoms with E-state index >= 15 is 0 Å². The van der Waals surface area contributed by atoms with Crippen LogP contribution in [-0.2, 0) is 22.5 Å². The molecule has 0 amide bonds. The first-order valence-electron chi connectivity index (χ1n) is 11.8. The van der Waals surface area contributed by atoms with Crippen LogP contribution in [0.1, 0.15) is 18.2 Å². The molecule has 0 spiro atoms. The predicted octanol–water partition coefficient (Wildman–Crippen LogP) is 6.43. The molecule has 0 radical (unpaired) electrons. The Hall–Kier alpha value is -4.20. The molecule has 186 valence electrons. The smallest absolute Gasteiger partial charge is 0.327 e. The molecule has 2 atom stereocenters. The van der Waals surface area contributed by atoms with Gasteiger partial charge in [0, 0.05) is 34.3 Å². The van der Waals surface area contributed by atoms with Crippen molar-refractivity contribution in [1.82, 2.24) is 0 Å². The SMILES string of the molecule is CC(C(=O)O)N(c1ccc(-c2ccc(-c3c(Cc4ccccc4)oc4ccccc34)cc2)cc1)S(=O)[O-]. The molecule has 7 heteroatoms. The van der Waals surface area contributed by atoms with Gasteiger partial charge in [-0.25, -0.2) is 4.79 Å². The summed E-state index contributed by atoms with van der Waals surface area (Å²) in [5.41, 5.74) is 6.25. The van der Waals surface area contributed by atoms with Crippen LogP contribution in [0, 0.1) is 0 Å². The number of carboxylic acid groups (broad SMARTS) is 1. The van der Waals surface area contributed by atoms with Crippen LogP contribution in [0.3, 0.4) is 0 Å². The first-order chi connectivity index (χ1) is 17.9. The molecular weight excluding hydrogens is 486 g/mol. The summed E-state index contributed by atoms with van der Waals surface area (Å²) in [6.45, 7) is 1.33. The molecule has 6 nitrogen and oxygen atoms in total. The van der Waals surface area contributed by atoms with Gasteiger partial charge in [-0.15, -0.1) is 0 Å². The fraction of sp³-hybridized carbons (Fsp3) is 0.100. The van der Waals surface area contributed by atoms with Gasteiger partial charge < -0.3 is 14.1 Å². The zero-order valence-corrected chi connectivity index (χ0v) is 20.9. The van der Waals surface area contributed by atoms with Gasteiger partial charge in [0.2, 0.25) is 0 Å². The van der Waals surface area contributed by atoms with E-state index in [4.69, 9.17) is 4.42 Å². The van der Waals surface area contributed by atoms with Crippen LogP contribution in [0.2, 0.25) is 0 Å². The average molecular weight is 511 g/mol. The number of carboxylic acids is 1. The van der Waals surface area contributed by atoms with E-state index in [2.05, 4.69) is 30.3 Å². The monoisotopic (exact) mass is 510 g/mol. The summed E-state index contributed by atoms with van der Waals surface area (Å²) < 4.78 is 30.4. The van der Waals surface area contributed by atoms with Gasteiger partial charge in [0.15, 0.2) is 0 Å². The number of hydrogen-bond donors (Lipinski definition) is 1. The molecule has 1 aromatic heterocycles. The van der Waals surface area contributed by atoms with Gasteiger partial charge in [0.25, 0.3) is 0 Å². The first-order valence-corrected chi connectivity index (χ1v) is 12.8. The van der Waals surface area contributed by atoms with Gasteiger partial charge >= 0.3 is 5.97 Å². The summed E-state index contributed by atoms with van der Waals surface area (Å²) in [7, 11) is 0. The van der Waals surface area contributed by atoms with E-state index in [1.54, 1.807) is 24.3 Å². The molecule has 5 rings (SSSR count). The number of para-hydroxylation sites is 1. The minimum atomic E-state index is -2.71. The van der Waals surface area contributed by atoms with E-state index in [9.17, 15) is 18.7 Å². The van der Waals surface area contributed by atoms with Crippen molar-refractivity contribution >= 4 is 33.9 Å². The quantitative estimate of drug-likeness (QED) is 0.243. The van der Waals surface area contributed by atoms with E-state index in [-0.39, 0.29) is 0 Å². The Morgan fingerprint density at radius 3 is 2.05 bits per heavy atom. The predicted molar refractivity (Wildman–Crippen MR) is 145 cm³/mol. The molecule has 1 N–H and O–H groups in total. The molecule has 0 saturated heterocycles. The van der Waals surface area contributed by atoms with Crippen LogP contribution >= 0.6 is 0 Å². The van der Waals surface area contributed by atoms with Crippen LogP contribution in [0.25, 0.3) is 33.2 Å². The van der Waals surface area contributed by atoms with Crippen molar-refractivity contribution in [3.63, 3.8) is 0 Å². The molecule has 0 bridgehead atoms. The lowest BCUT2D eigenvalue weighted by molar-refractivity contribution is -0.137. The maximum absolute atomic E-state index is 11.6.